The Kier molecular flexibility index (Phi) is 9.76. The highest BCUT2D eigenvalue weighted by Gasteiger charge is 2.50. The Morgan fingerprint density at radius 1 is 1.10 bits per heavy atom. The number of imide groups is 1. The lowest BCUT2D eigenvalue weighted by atomic mass is 9.69. The van der Waals surface area contributed by atoms with Crippen LogP contribution in [0, 0.1) is 11.8 Å². The molecule has 216 valence electrons. The van der Waals surface area contributed by atoms with E-state index in [1.807, 2.05) is 0 Å². The van der Waals surface area contributed by atoms with Crippen molar-refractivity contribution in [3.05, 3.63) is 35.9 Å². The van der Waals surface area contributed by atoms with Crippen LogP contribution in [0.15, 0.2) is 30.4 Å². The zero-order valence-electron chi connectivity index (χ0n) is 20.9. The number of nitrogens with two attached hydrogens (primary N) is 1. The molecule has 3 rings (SSSR count). The van der Waals surface area contributed by atoms with E-state index in [0.29, 0.717) is 5.56 Å². The van der Waals surface area contributed by atoms with Gasteiger partial charge in [0.1, 0.15) is 18.5 Å². The summed E-state index contributed by atoms with van der Waals surface area (Å²) in [5.74, 6) is -5.95. The molecule has 40 heavy (non-hydrogen) atoms. The minimum absolute atomic E-state index is 0.0621. The number of aliphatic hydroxyl groups excluding tert-OH is 3. The number of carboxylic acid groups (broad SMARTS) is 1. The summed E-state index contributed by atoms with van der Waals surface area (Å²) in [6.45, 7) is -0.994. The number of anilines is 1. The van der Waals surface area contributed by atoms with Gasteiger partial charge in [-0.15, -0.1) is 0 Å². The number of hydrogen-bond acceptors (Lipinski definition) is 11. The molecule has 16 nitrogen and oxygen atoms in total. The van der Waals surface area contributed by atoms with Gasteiger partial charge in [-0.25, -0.2) is 4.79 Å². The quantitative estimate of drug-likeness (QED) is 0.0994. The number of benzene rings is 1. The van der Waals surface area contributed by atoms with Gasteiger partial charge in [-0.3, -0.25) is 28.9 Å². The van der Waals surface area contributed by atoms with Crippen LogP contribution in [0.5, 0.6) is 5.75 Å². The Hall–Kier alpha value is -4.54. The molecule has 0 radical (unpaired) electrons. The molecule has 2 aliphatic rings. The first-order valence-corrected chi connectivity index (χ1v) is 12.0. The van der Waals surface area contributed by atoms with E-state index in [1.54, 1.807) is 0 Å². The van der Waals surface area contributed by atoms with E-state index in [2.05, 4.69) is 10.6 Å². The van der Waals surface area contributed by atoms with E-state index in [4.69, 9.17) is 20.3 Å². The van der Waals surface area contributed by atoms with Crippen LogP contribution < -0.4 is 21.1 Å². The molecule has 0 bridgehead atoms. The van der Waals surface area contributed by atoms with Crippen molar-refractivity contribution in [2.24, 2.45) is 17.6 Å². The predicted octanol–water partition coefficient (Wildman–Crippen LogP) is -2.21. The monoisotopic (exact) mass is 564 g/mol. The van der Waals surface area contributed by atoms with Gasteiger partial charge in [0.25, 0.3) is 11.8 Å². The normalized spacial score (nSPS) is 21.3. The van der Waals surface area contributed by atoms with Gasteiger partial charge in [-0.2, -0.15) is 0 Å². The Morgan fingerprint density at radius 2 is 1.77 bits per heavy atom. The number of carbonyl (C=O) groups is 6. The van der Waals surface area contributed by atoms with Gasteiger partial charge < -0.3 is 46.3 Å². The van der Waals surface area contributed by atoms with E-state index in [-0.39, 0.29) is 37.4 Å². The first-order chi connectivity index (χ1) is 18.9. The van der Waals surface area contributed by atoms with Crippen LogP contribution in [0.2, 0.25) is 0 Å². The van der Waals surface area contributed by atoms with Crippen molar-refractivity contribution in [2.75, 3.05) is 18.4 Å². The molecule has 1 aromatic rings. The predicted molar refractivity (Wildman–Crippen MR) is 131 cm³/mol. The number of nitrogens with zero attached hydrogens (tertiary/aromatic N) is 1. The molecule has 5 atom stereocenters. The number of amides is 5. The minimum Gasteiger partial charge on any atom is -0.481 e. The molecular formula is C24H28N4O12. The average molecular weight is 565 g/mol. The van der Waals surface area contributed by atoms with E-state index in [0.717, 1.165) is 17.1 Å². The molecule has 1 aromatic carbocycles. The van der Waals surface area contributed by atoms with Crippen molar-refractivity contribution >= 4 is 41.4 Å². The molecule has 0 saturated heterocycles. The number of ether oxygens (including phenoxy) is 2. The van der Waals surface area contributed by atoms with Crippen molar-refractivity contribution in [1.82, 2.24) is 10.2 Å². The van der Waals surface area contributed by atoms with Gasteiger partial charge in [0.2, 0.25) is 18.1 Å². The zero-order chi connectivity index (χ0) is 29.6. The van der Waals surface area contributed by atoms with Gasteiger partial charge in [0, 0.05) is 31.0 Å². The second-order valence-electron chi connectivity index (χ2n) is 9.01. The Labute approximate surface area is 226 Å². The summed E-state index contributed by atoms with van der Waals surface area (Å²) in [5, 5.41) is 44.5. The summed E-state index contributed by atoms with van der Waals surface area (Å²) in [6, 6.07) is 4.00. The summed E-state index contributed by atoms with van der Waals surface area (Å²) in [5.41, 5.74) is 5.24. The average Bonchev–Trinajstić information content (AvgIpc) is 3.21. The number of rotatable bonds is 13. The number of aliphatic hydroxyl groups is 3. The third-order valence-electron chi connectivity index (χ3n) is 6.28. The maximum Gasteiger partial charge on any atom is 0.404 e. The van der Waals surface area contributed by atoms with Crippen LogP contribution in [0.3, 0.4) is 0 Å². The van der Waals surface area contributed by atoms with Crippen LogP contribution in [0.1, 0.15) is 18.4 Å². The number of hydrogen-bond donors (Lipinski definition) is 7. The topological polar surface area (TPSA) is 255 Å². The highest BCUT2D eigenvalue weighted by atomic mass is 16.6. The molecule has 1 heterocycles. The summed E-state index contributed by atoms with van der Waals surface area (Å²) < 4.78 is 10.1. The summed E-state index contributed by atoms with van der Waals surface area (Å²) in [7, 11) is 0. The number of primary amides is 1. The molecule has 1 fully saturated rings. The molecule has 5 amide bonds. The highest BCUT2D eigenvalue weighted by molar-refractivity contribution is 6.13. The lowest BCUT2D eigenvalue weighted by molar-refractivity contribution is -0.191. The Balaban J connectivity index is 1.61. The molecule has 0 aromatic heterocycles. The fraction of sp³-hybridized carbons (Fsp3) is 0.417. The van der Waals surface area contributed by atoms with Crippen molar-refractivity contribution < 1.29 is 58.7 Å². The Bertz CT molecular complexity index is 1200. The molecule has 1 aliphatic carbocycles. The summed E-state index contributed by atoms with van der Waals surface area (Å²) in [6.07, 6.45) is -4.25. The van der Waals surface area contributed by atoms with Crippen LogP contribution in [0.25, 0.3) is 0 Å². The molecule has 0 spiro atoms. The SMILES string of the molecule is NC(=O)OCc1ccc(OC(O)C(O)C2CC(C(=O)O)C2O)c(NC(=O)CNC(=O)CCN2C(=O)C=CC2=O)c1. The van der Waals surface area contributed by atoms with E-state index >= 15 is 0 Å². The standard InChI is InChI=1S/C24H28N4O12/c25-24(38)39-10-11-1-2-15(40-23(37)21(34)12-8-13(20(12)33)22(35)36)14(7-11)27-17(30)9-26-16(29)5-6-28-18(31)3-4-19(28)32/h1-4,7,12-13,20-21,23,33-34,37H,5-6,8-10H2,(H2,25,38)(H,26,29)(H,27,30)(H,35,36). The van der Waals surface area contributed by atoms with Gasteiger partial charge >= 0.3 is 12.1 Å². The first kappa shape index (κ1) is 30.0. The van der Waals surface area contributed by atoms with Gasteiger partial charge in [-0.1, -0.05) is 6.07 Å². The largest absolute Gasteiger partial charge is 0.481 e. The minimum atomic E-state index is -1.93. The second-order valence-corrected chi connectivity index (χ2v) is 9.01. The van der Waals surface area contributed by atoms with E-state index < -0.39 is 72.6 Å². The number of carbonyl (C=O) groups excluding carboxylic acids is 5. The lowest BCUT2D eigenvalue weighted by Crippen LogP contribution is -2.55. The van der Waals surface area contributed by atoms with E-state index in [9.17, 15) is 44.1 Å². The van der Waals surface area contributed by atoms with Crippen LogP contribution in [0.4, 0.5) is 10.5 Å². The fourth-order valence-electron chi connectivity index (χ4n) is 4.02. The summed E-state index contributed by atoms with van der Waals surface area (Å²) >= 11 is 0. The third-order valence-corrected chi connectivity index (χ3v) is 6.28. The van der Waals surface area contributed by atoms with Gasteiger partial charge in [0.05, 0.1) is 24.3 Å². The van der Waals surface area contributed by atoms with Crippen molar-refractivity contribution in [3.8, 4) is 5.75 Å². The van der Waals surface area contributed by atoms with Gasteiger partial charge in [-0.05, 0) is 24.1 Å². The Morgan fingerprint density at radius 3 is 2.38 bits per heavy atom. The lowest BCUT2D eigenvalue weighted by Gasteiger charge is -2.42. The molecule has 1 aliphatic heterocycles. The van der Waals surface area contributed by atoms with Crippen molar-refractivity contribution in [3.63, 3.8) is 0 Å². The molecular weight excluding hydrogens is 536 g/mol. The van der Waals surface area contributed by atoms with Crippen molar-refractivity contribution in [1.29, 1.82) is 0 Å². The van der Waals surface area contributed by atoms with Crippen molar-refractivity contribution in [2.45, 2.75) is 37.9 Å². The third kappa shape index (κ3) is 7.52. The first-order valence-electron chi connectivity index (χ1n) is 12.0. The fourth-order valence-corrected chi connectivity index (χ4v) is 4.02. The van der Waals surface area contributed by atoms with Crippen LogP contribution in [-0.4, -0.2) is 92.6 Å². The maximum atomic E-state index is 12.5. The molecule has 16 heteroatoms. The maximum absolute atomic E-state index is 12.5. The second kappa shape index (κ2) is 13.0. The molecule has 1 saturated carbocycles. The number of carboxylic acids is 1. The van der Waals surface area contributed by atoms with Gasteiger partial charge in [0.15, 0.2) is 0 Å². The number of nitrogens with one attached hydrogen (secondary N) is 2. The smallest absolute Gasteiger partial charge is 0.404 e. The highest BCUT2D eigenvalue weighted by Crippen LogP contribution is 2.38. The number of aliphatic carboxylic acids is 1. The zero-order valence-corrected chi connectivity index (χ0v) is 20.9. The van der Waals surface area contributed by atoms with Crippen LogP contribution >= 0.6 is 0 Å². The summed E-state index contributed by atoms with van der Waals surface area (Å²) in [4.78, 5) is 70.6. The molecule has 8 N–H and O–H groups in total. The van der Waals surface area contributed by atoms with E-state index in [1.165, 1.54) is 18.2 Å². The van der Waals surface area contributed by atoms with Crippen LogP contribution in [-0.2, 0) is 35.3 Å². The molecule has 5 unspecified atom stereocenters.